The number of para-hydroxylation sites is 2. The van der Waals surface area contributed by atoms with Gasteiger partial charge in [-0.05, 0) is 12.1 Å². The summed E-state index contributed by atoms with van der Waals surface area (Å²) < 4.78 is 10.2. The predicted molar refractivity (Wildman–Crippen MR) is 160 cm³/mol. The van der Waals surface area contributed by atoms with Gasteiger partial charge in [-0.25, -0.2) is 0 Å². The zero-order chi connectivity index (χ0) is 28.7. The van der Waals surface area contributed by atoms with Crippen molar-refractivity contribution in [1.29, 1.82) is 0 Å². The minimum Gasteiger partial charge on any atom is -0.462 e. The SMILES string of the molecule is C=C1Cc2ccccc2O1.CC.CC.CC.CC.CC.CC.CCC.O=C1Cc2ccccc2O1. The van der Waals surface area contributed by atoms with Crippen molar-refractivity contribution in [2.75, 3.05) is 0 Å². The molecule has 0 atom stereocenters. The molecule has 2 aliphatic heterocycles. The summed E-state index contributed by atoms with van der Waals surface area (Å²) in [5.74, 6) is 2.38. The lowest BCUT2D eigenvalue weighted by Crippen LogP contribution is -1.99. The van der Waals surface area contributed by atoms with E-state index in [1.54, 1.807) is 6.07 Å². The Labute approximate surface area is 220 Å². The Kier molecular flexibility index (Phi) is 43.8. The third-order valence-corrected chi connectivity index (χ3v) is 3.15. The molecule has 3 nitrogen and oxygen atoms in total. The molecule has 0 N–H and O–H groups in total. The lowest BCUT2D eigenvalue weighted by molar-refractivity contribution is -0.131. The summed E-state index contributed by atoms with van der Waals surface area (Å²) in [6.45, 7) is 32.0. The molecule has 0 unspecified atom stereocenters. The highest BCUT2D eigenvalue weighted by Crippen LogP contribution is 2.28. The Balaban J connectivity index is -0.000000112. The fourth-order valence-corrected chi connectivity index (χ4v) is 2.22. The summed E-state index contributed by atoms with van der Waals surface area (Å²) in [6, 6.07) is 15.5. The molecule has 2 aromatic carbocycles. The van der Waals surface area contributed by atoms with Gasteiger partial charge in [0.1, 0.15) is 17.3 Å². The first-order chi connectivity index (χ1) is 17.1. The smallest absolute Gasteiger partial charge is 0.315 e. The van der Waals surface area contributed by atoms with Crippen LogP contribution >= 0.6 is 0 Å². The molecule has 0 saturated heterocycles. The average molecular weight is 491 g/mol. The van der Waals surface area contributed by atoms with Crippen LogP contribution in [0.5, 0.6) is 11.5 Å². The molecule has 0 fully saturated rings. The lowest BCUT2D eigenvalue weighted by atomic mass is 10.2. The Morgan fingerprint density at radius 1 is 0.600 bits per heavy atom. The van der Waals surface area contributed by atoms with Crippen molar-refractivity contribution in [1.82, 2.24) is 0 Å². The number of ether oxygens (including phenoxy) is 2. The summed E-state index contributed by atoms with van der Waals surface area (Å²) in [5.41, 5.74) is 2.24. The van der Waals surface area contributed by atoms with E-state index in [0.29, 0.717) is 12.2 Å². The number of fused-ring (bicyclic) bond motifs is 2. The summed E-state index contributed by atoms with van der Waals surface area (Å²) in [7, 11) is 0. The van der Waals surface area contributed by atoms with Crippen LogP contribution in [0, 0.1) is 0 Å². The second-order valence-electron chi connectivity index (χ2n) is 5.39. The molecule has 2 aliphatic rings. The van der Waals surface area contributed by atoms with Crippen LogP contribution in [0.2, 0.25) is 0 Å². The summed E-state index contributed by atoms with van der Waals surface area (Å²) in [6.07, 6.45) is 2.55. The van der Waals surface area contributed by atoms with Crippen LogP contribution in [0.25, 0.3) is 0 Å². The summed E-state index contributed by atoms with van der Waals surface area (Å²) in [5, 5.41) is 0. The molecule has 35 heavy (non-hydrogen) atoms. The minimum absolute atomic E-state index is 0.152. The number of allylic oxidation sites excluding steroid dienone is 1. The van der Waals surface area contributed by atoms with Crippen molar-refractivity contribution < 1.29 is 14.3 Å². The van der Waals surface area contributed by atoms with Gasteiger partial charge < -0.3 is 9.47 Å². The van der Waals surface area contributed by atoms with E-state index in [4.69, 9.17) is 9.47 Å². The molecule has 2 heterocycles. The van der Waals surface area contributed by atoms with Crippen LogP contribution in [0.3, 0.4) is 0 Å². The number of rotatable bonds is 0. The second kappa shape index (κ2) is 36.0. The average Bonchev–Trinajstić information content (AvgIpc) is 3.52. The Morgan fingerprint density at radius 3 is 1.26 bits per heavy atom. The minimum atomic E-state index is -0.152. The number of carbonyl (C=O) groups excluding carboxylic acids is 1. The molecule has 2 aromatic rings. The summed E-state index contributed by atoms with van der Waals surface area (Å²) >= 11 is 0. The maximum Gasteiger partial charge on any atom is 0.315 e. The molecule has 0 spiro atoms. The van der Waals surface area contributed by atoms with Crippen LogP contribution in [0.4, 0.5) is 0 Å². The first-order valence-corrected chi connectivity index (χ1v) is 13.9. The zero-order valence-electron chi connectivity index (χ0n) is 25.7. The van der Waals surface area contributed by atoms with Crippen molar-refractivity contribution in [2.45, 2.75) is 116 Å². The van der Waals surface area contributed by atoms with Crippen molar-refractivity contribution in [3.8, 4) is 11.5 Å². The van der Waals surface area contributed by atoms with Gasteiger partial charge in [0.2, 0.25) is 0 Å². The fraction of sp³-hybridized carbons (Fsp3) is 0.531. The molecule has 0 aromatic heterocycles. The quantitative estimate of drug-likeness (QED) is 0.272. The molecule has 204 valence electrons. The standard InChI is InChI=1S/C9H8O.C8H6O2.C3H8.6C2H6/c1-7-6-8-4-2-3-5-9(8)10-7;9-8-5-6-3-1-2-4-7(6)10-8;1-3-2;6*1-2/h2-5H,1,6H2;1-4H,5H2;3H2,1-2H3;6*1-2H3. The van der Waals surface area contributed by atoms with Gasteiger partial charge in [0.05, 0.1) is 6.42 Å². The van der Waals surface area contributed by atoms with Crippen molar-refractivity contribution in [3.05, 3.63) is 72.0 Å². The lowest BCUT2D eigenvalue weighted by Gasteiger charge is -1.94. The van der Waals surface area contributed by atoms with Gasteiger partial charge in [-0.15, -0.1) is 0 Å². The highest BCUT2D eigenvalue weighted by Gasteiger charge is 2.18. The van der Waals surface area contributed by atoms with Crippen molar-refractivity contribution >= 4 is 5.97 Å². The molecular weight excluding hydrogens is 432 g/mol. The first-order valence-electron chi connectivity index (χ1n) is 13.9. The molecule has 0 aliphatic carbocycles. The molecule has 0 radical (unpaired) electrons. The maximum atomic E-state index is 10.7. The van der Waals surface area contributed by atoms with E-state index in [2.05, 4.69) is 26.5 Å². The number of hydrogen-bond acceptors (Lipinski definition) is 3. The van der Waals surface area contributed by atoms with Crippen molar-refractivity contribution in [2.24, 2.45) is 0 Å². The number of carbonyl (C=O) groups is 1. The van der Waals surface area contributed by atoms with Crippen LogP contribution in [-0.2, 0) is 17.6 Å². The van der Waals surface area contributed by atoms with Crippen molar-refractivity contribution in [3.63, 3.8) is 0 Å². The van der Waals surface area contributed by atoms with Gasteiger partial charge in [-0.3, -0.25) is 4.79 Å². The van der Waals surface area contributed by atoms with E-state index in [0.717, 1.165) is 23.5 Å². The van der Waals surface area contributed by atoms with Crippen LogP contribution in [0.15, 0.2) is 60.9 Å². The van der Waals surface area contributed by atoms with E-state index < -0.39 is 0 Å². The normalized spacial score (nSPS) is 9.89. The molecular formula is C32H58O3. The first kappa shape index (κ1) is 42.6. The van der Waals surface area contributed by atoms with Gasteiger partial charge in [0, 0.05) is 17.5 Å². The molecule has 4 rings (SSSR count). The van der Waals surface area contributed by atoms with Gasteiger partial charge in [0.15, 0.2) is 0 Å². The van der Waals surface area contributed by atoms with E-state index in [1.165, 1.54) is 12.0 Å². The van der Waals surface area contributed by atoms with Gasteiger partial charge in [-0.2, -0.15) is 0 Å². The highest BCUT2D eigenvalue weighted by atomic mass is 16.5. The van der Waals surface area contributed by atoms with E-state index in [9.17, 15) is 4.79 Å². The topological polar surface area (TPSA) is 35.5 Å². The second-order valence-corrected chi connectivity index (χ2v) is 5.39. The molecule has 0 bridgehead atoms. The van der Waals surface area contributed by atoms with Crippen LogP contribution < -0.4 is 9.47 Å². The zero-order valence-corrected chi connectivity index (χ0v) is 25.7. The highest BCUT2D eigenvalue weighted by molar-refractivity contribution is 5.80. The van der Waals surface area contributed by atoms with Gasteiger partial charge in [0.25, 0.3) is 0 Å². The Morgan fingerprint density at radius 2 is 0.914 bits per heavy atom. The summed E-state index contributed by atoms with van der Waals surface area (Å²) in [4.78, 5) is 10.7. The van der Waals surface area contributed by atoms with Gasteiger partial charge in [-0.1, -0.05) is 146 Å². The van der Waals surface area contributed by atoms with E-state index in [1.807, 2.05) is 119 Å². The van der Waals surface area contributed by atoms with E-state index in [-0.39, 0.29) is 5.97 Å². The van der Waals surface area contributed by atoms with Crippen LogP contribution in [0.1, 0.15) is 114 Å². The Bertz CT molecular complexity index is 577. The Hall–Kier alpha value is -2.55. The predicted octanol–water partition coefficient (Wildman–Crippen LogP) is 10.9. The molecule has 0 amide bonds. The maximum absolute atomic E-state index is 10.7. The molecule has 0 saturated carbocycles. The van der Waals surface area contributed by atoms with E-state index >= 15 is 0 Å². The fourth-order valence-electron chi connectivity index (χ4n) is 2.22. The third kappa shape index (κ3) is 21.7. The number of hydrogen-bond donors (Lipinski definition) is 0. The monoisotopic (exact) mass is 490 g/mol. The largest absolute Gasteiger partial charge is 0.462 e. The molecule has 3 heteroatoms. The number of benzene rings is 2. The third-order valence-electron chi connectivity index (χ3n) is 3.15. The number of esters is 1. The van der Waals surface area contributed by atoms with Gasteiger partial charge >= 0.3 is 5.97 Å². The van der Waals surface area contributed by atoms with Crippen LogP contribution in [-0.4, -0.2) is 5.97 Å².